The van der Waals surface area contributed by atoms with Crippen molar-refractivity contribution < 1.29 is 4.52 Å². The monoisotopic (exact) mass is 235 g/mol. The SMILES string of the molecule is CCNCc1cn(Cc2nc(CC)no2)cn1. The van der Waals surface area contributed by atoms with Gasteiger partial charge >= 0.3 is 0 Å². The van der Waals surface area contributed by atoms with E-state index >= 15 is 0 Å². The molecule has 0 amide bonds. The first-order chi connectivity index (χ1) is 8.31. The van der Waals surface area contributed by atoms with Crippen molar-refractivity contribution in [3.05, 3.63) is 29.9 Å². The lowest BCUT2D eigenvalue weighted by Gasteiger charge is -1.96. The molecule has 17 heavy (non-hydrogen) atoms. The average molecular weight is 235 g/mol. The zero-order chi connectivity index (χ0) is 12.1. The van der Waals surface area contributed by atoms with Crippen LogP contribution in [0.15, 0.2) is 17.0 Å². The first-order valence-electron chi connectivity index (χ1n) is 5.84. The molecule has 0 saturated heterocycles. The van der Waals surface area contributed by atoms with E-state index in [2.05, 4.69) is 27.4 Å². The summed E-state index contributed by atoms with van der Waals surface area (Å²) in [5.74, 6) is 1.36. The third-order valence-electron chi connectivity index (χ3n) is 2.39. The lowest BCUT2D eigenvalue weighted by molar-refractivity contribution is 0.366. The normalized spacial score (nSPS) is 10.9. The number of nitrogens with zero attached hydrogens (tertiary/aromatic N) is 4. The van der Waals surface area contributed by atoms with E-state index in [1.807, 2.05) is 17.7 Å². The van der Waals surface area contributed by atoms with E-state index in [0.29, 0.717) is 12.4 Å². The molecule has 0 aromatic carbocycles. The van der Waals surface area contributed by atoms with E-state index in [1.54, 1.807) is 6.33 Å². The third-order valence-corrected chi connectivity index (χ3v) is 2.39. The van der Waals surface area contributed by atoms with E-state index in [-0.39, 0.29) is 0 Å². The van der Waals surface area contributed by atoms with Crippen LogP contribution in [-0.2, 0) is 19.5 Å². The molecule has 0 aliphatic heterocycles. The topological polar surface area (TPSA) is 68.8 Å². The summed E-state index contributed by atoms with van der Waals surface area (Å²) >= 11 is 0. The van der Waals surface area contributed by atoms with Crippen LogP contribution in [0.2, 0.25) is 0 Å². The van der Waals surface area contributed by atoms with Gasteiger partial charge in [0.2, 0.25) is 5.89 Å². The maximum absolute atomic E-state index is 5.12. The van der Waals surface area contributed by atoms with Crippen LogP contribution in [-0.4, -0.2) is 26.2 Å². The summed E-state index contributed by atoms with van der Waals surface area (Å²) in [6.07, 6.45) is 4.56. The molecule has 1 N–H and O–H groups in total. The van der Waals surface area contributed by atoms with Crippen LogP contribution in [0.4, 0.5) is 0 Å². The molecule has 0 atom stereocenters. The van der Waals surface area contributed by atoms with Crippen LogP contribution in [0.3, 0.4) is 0 Å². The minimum atomic E-state index is 0.576. The Balaban J connectivity index is 1.96. The molecule has 6 nitrogen and oxygen atoms in total. The number of hydrogen-bond donors (Lipinski definition) is 1. The highest BCUT2D eigenvalue weighted by Gasteiger charge is 2.06. The highest BCUT2D eigenvalue weighted by Crippen LogP contribution is 2.03. The van der Waals surface area contributed by atoms with Crippen molar-refractivity contribution in [3.63, 3.8) is 0 Å². The molecule has 6 heteroatoms. The molecule has 0 aliphatic rings. The first-order valence-corrected chi connectivity index (χ1v) is 5.84. The van der Waals surface area contributed by atoms with Crippen molar-refractivity contribution in [1.29, 1.82) is 0 Å². The number of imidazole rings is 1. The zero-order valence-electron chi connectivity index (χ0n) is 10.2. The Labute approximate surface area is 100 Å². The molecule has 0 radical (unpaired) electrons. The molecular weight excluding hydrogens is 218 g/mol. The van der Waals surface area contributed by atoms with Gasteiger partial charge in [-0.15, -0.1) is 0 Å². The second-order valence-corrected chi connectivity index (χ2v) is 3.78. The van der Waals surface area contributed by atoms with E-state index in [9.17, 15) is 0 Å². The summed E-state index contributed by atoms with van der Waals surface area (Å²) < 4.78 is 7.07. The molecule has 0 fully saturated rings. The molecule has 92 valence electrons. The summed E-state index contributed by atoms with van der Waals surface area (Å²) in [6.45, 7) is 6.37. The van der Waals surface area contributed by atoms with Gasteiger partial charge in [-0.1, -0.05) is 19.0 Å². The van der Waals surface area contributed by atoms with Crippen LogP contribution in [0.25, 0.3) is 0 Å². The molecule has 0 aliphatic carbocycles. The lowest BCUT2D eigenvalue weighted by Crippen LogP contribution is -2.11. The second-order valence-electron chi connectivity index (χ2n) is 3.78. The van der Waals surface area contributed by atoms with Crippen LogP contribution in [0.1, 0.15) is 31.3 Å². The van der Waals surface area contributed by atoms with Crippen molar-refractivity contribution in [1.82, 2.24) is 25.0 Å². The standard InChI is InChI=1S/C11H17N5O/c1-3-10-14-11(17-15-10)7-16-6-9(13-8-16)5-12-4-2/h6,8,12H,3-5,7H2,1-2H3. The molecule has 0 saturated carbocycles. The van der Waals surface area contributed by atoms with Gasteiger partial charge in [0, 0.05) is 19.2 Å². The summed E-state index contributed by atoms with van der Waals surface area (Å²) in [7, 11) is 0. The third kappa shape index (κ3) is 3.13. The fourth-order valence-corrected chi connectivity index (χ4v) is 1.49. The maximum atomic E-state index is 5.12. The molecule has 0 spiro atoms. The second kappa shape index (κ2) is 5.58. The van der Waals surface area contributed by atoms with E-state index in [0.717, 1.165) is 31.0 Å². The molecule has 2 aromatic rings. The Morgan fingerprint density at radius 1 is 1.41 bits per heavy atom. The van der Waals surface area contributed by atoms with Gasteiger partial charge < -0.3 is 14.4 Å². The van der Waals surface area contributed by atoms with Gasteiger partial charge in [-0.05, 0) is 6.54 Å². The maximum Gasteiger partial charge on any atom is 0.246 e. The van der Waals surface area contributed by atoms with Gasteiger partial charge in [-0.2, -0.15) is 4.98 Å². The lowest BCUT2D eigenvalue weighted by atomic mass is 10.4. The van der Waals surface area contributed by atoms with Gasteiger partial charge in [0.1, 0.15) is 6.54 Å². The van der Waals surface area contributed by atoms with Crippen LogP contribution < -0.4 is 5.32 Å². The average Bonchev–Trinajstić information content (AvgIpc) is 2.96. The van der Waals surface area contributed by atoms with Gasteiger partial charge in [0.05, 0.1) is 12.0 Å². The highest BCUT2D eigenvalue weighted by molar-refractivity contribution is 4.98. The van der Waals surface area contributed by atoms with Crippen molar-refractivity contribution in [3.8, 4) is 0 Å². The first kappa shape index (κ1) is 11.8. The molecule has 0 bridgehead atoms. The highest BCUT2D eigenvalue weighted by atomic mass is 16.5. The van der Waals surface area contributed by atoms with Crippen LogP contribution >= 0.6 is 0 Å². The van der Waals surface area contributed by atoms with Gasteiger partial charge in [-0.3, -0.25) is 0 Å². The minimum Gasteiger partial charge on any atom is -0.337 e. The number of nitrogens with one attached hydrogen (secondary N) is 1. The summed E-state index contributed by atoms with van der Waals surface area (Å²) in [5.41, 5.74) is 1.02. The summed E-state index contributed by atoms with van der Waals surface area (Å²) in [6, 6.07) is 0. The van der Waals surface area contributed by atoms with Gasteiger partial charge in [0.25, 0.3) is 0 Å². The molecule has 2 heterocycles. The Bertz CT molecular complexity index is 462. The van der Waals surface area contributed by atoms with Gasteiger partial charge in [-0.25, -0.2) is 4.98 Å². The zero-order valence-corrected chi connectivity index (χ0v) is 10.2. The molecule has 2 rings (SSSR count). The number of hydrogen-bond acceptors (Lipinski definition) is 5. The summed E-state index contributed by atoms with van der Waals surface area (Å²) in [5, 5.41) is 7.08. The number of aryl methyl sites for hydroxylation is 1. The molecular formula is C11H17N5O. The number of aromatic nitrogens is 4. The Kier molecular flexibility index (Phi) is 3.87. The Hall–Kier alpha value is -1.69. The van der Waals surface area contributed by atoms with Crippen molar-refractivity contribution in [2.75, 3.05) is 6.54 Å². The predicted molar refractivity (Wildman–Crippen MR) is 62.4 cm³/mol. The minimum absolute atomic E-state index is 0.576. The van der Waals surface area contributed by atoms with Crippen LogP contribution in [0, 0.1) is 0 Å². The smallest absolute Gasteiger partial charge is 0.246 e. The largest absolute Gasteiger partial charge is 0.337 e. The fourth-order valence-electron chi connectivity index (χ4n) is 1.49. The van der Waals surface area contributed by atoms with E-state index < -0.39 is 0 Å². The fraction of sp³-hybridized carbons (Fsp3) is 0.545. The van der Waals surface area contributed by atoms with E-state index in [1.165, 1.54) is 0 Å². The Morgan fingerprint density at radius 3 is 3.00 bits per heavy atom. The predicted octanol–water partition coefficient (Wildman–Crippen LogP) is 0.986. The Morgan fingerprint density at radius 2 is 2.29 bits per heavy atom. The number of rotatable bonds is 6. The molecule has 0 unspecified atom stereocenters. The van der Waals surface area contributed by atoms with Crippen molar-refractivity contribution in [2.45, 2.75) is 33.4 Å². The van der Waals surface area contributed by atoms with Gasteiger partial charge in [0.15, 0.2) is 5.82 Å². The van der Waals surface area contributed by atoms with Crippen LogP contribution in [0.5, 0.6) is 0 Å². The van der Waals surface area contributed by atoms with Crippen molar-refractivity contribution >= 4 is 0 Å². The quantitative estimate of drug-likeness (QED) is 0.808. The van der Waals surface area contributed by atoms with Crippen molar-refractivity contribution in [2.24, 2.45) is 0 Å². The van der Waals surface area contributed by atoms with E-state index in [4.69, 9.17) is 4.52 Å². The summed E-state index contributed by atoms with van der Waals surface area (Å²) in [4.78, 5) is 8.54. The molecule has 2 aromatic heterocycles.